The van der Waals surface area contributed by atoms with Crippen LogP contribution in [0.1, 0.15) is 36.2 Å². The number of aromatic nitrogens is 2. The van der Waals surface area contributed by atoms with Gasteiger partial charge in [-0.3, -0.25) is 9.59 Å². The number of halogens is 1. The molecule has 40 heavy (non-hydrogen) atoms. The highest BCUT2D eigenvalue weighted by Gasteiger charge is 2.36. The normalized spacial score (nSPS) is 15.4. The Hall–Kier alpha value is -3.72. The highest BCUT2D eigenvalue weighted by Crippen LogP contribution is 2.29. The smallest absolute Gasteiger partial charge is 0.247 e. The average Bonchev–Trinajstić information content (AvgIpc) is 2.93. The van der Waals surface area contributed by atoms with Crippen LogP contribution in [0.15, 0.2) is 71.9 Å². The lowest BCUT2D eigenvalue weighted by Gasteiger charge is -2.37. The van der Waals surface area contributed by atoms with Crippen LogP contribution in [0.4, 0.5) is 15.8 Å². The molecular formula is C31H36FN5O2S. The van der Waals surface area contributed by atoms with Crippen LogP contribution in [0.5, 0.6) is 0 Å². The van der Waals surface area contributed by atoms with E-state index in [4.69, 9.17) is 0 Å². The van der Waals surface area contributed by atoms with E-state index in [-0.39, 0.29) is 35.8 Å². The van der Waals surface area contributed by atoms with Crippen molar-refractivity contribution in [1.29, 1.82) is 0 Å². The average molecular weight is 562 g/mol. The number of hydrogen-bond acceptors (Lipinski definition) is 6. The maximum Gasteiger partial charge on any atom is 0.247 e. The molecule has 3 aromatic rings. The number of anilines is 2. The van der Waals surface area contributed by atoms with Crippen molar-refractivity contribution in [3.05, 3.63) is 89.5 Å². The van der Waals surface area contributed by atoms with E-state index in [0.717, 1.165) is 35.5 Å². The minimum Gasteiger partial charge on any atom is -0.378 e. The van der Waals surface area contributed by atoms with Gasteiger partial charge in [-0.05, 0) is 87.1 Å². The molecular weight excluding hydrogens is 525 g/mol. The van der Waals surface area contributed by atoms with Gasteiger partial charge in [0, 0.05) is 43.4 Å². The standard InChI is InChI=1S/C31H36FN5O2S/c1-21-18-22(2)34-31(33-21)40-20-28(38)37(19-23-10-12-25(32)13-11-23)29(24-8-6-5-7-9-24)30(39)35-26-14-16-27(17-15-26)36(3)4/h5-6,10-18,24,29H,7-9,19-20H2,1-4H3,(H,35,39). The lowest BCUT2D eigenvalue weighted by Crippen LogP contribution is -2.51. The van der Waals surface area contributed by atoms with Crippen LogP contribution in [0.25, 0.3) is 0 Å². The number of nitrogens with zero attached hydrogens (tertiary/aromatic N) is 4. The third kappa shape index (κ3) is 7.91. The molecule has 1 heterocycles. The molecule has 9 heteroatoms. The number of hydrogen-bond donors (Lipinski definition) is 1. The Morgan fingerprint density at radius 1 is 1.02 bits per heavy atom. The number of nitrogens with one attached hydrogen (secondary N) is 1. The SMILES string of the molecule is Cc1cc(C)nc(SCC(=O)N(Cc2ccc(F)cc2)C(C(=O)Nc2ccc(N(C)C)cc2)C2CC=CCC2)n1. The first-order chi connectivity index (χ1) is 19.2. The maximum atomic E-state index is 14.0. The van der Waals surface area contributed by atoms with Gasteiger partial charge in [-0.1, -0.05) is 36.0 Å². The van der Waals surface area contributed by atoms with Gasteiger partial charge in [0.15, 0.2) is 5.16 Å². The first-order valence-corrected chi connectivity index (χ1v) is 14.4. The largest absolute Gasteiger partial charge is 0.378 e. The molecule has 7 nitrogen and oxygen atoms in total. The Labute approximate surface area is 239 Å². The van der Waals surface area contributed by atoms with Gasteiger partial charge < -0.3 is 15.1 Å². The molecule has 2 atom stereocenters. The van der Waals surface area contributed by atoms with Crippen molar-refractivity contribution in [2.75, 3.05) is 30.1 Å². The van der Waals surface area contributed by atoms with Crippen LogP contribution < -0.4 is 10.2 Å². The van der Waals surface area contributed by atoms with Crippen molar-refractivity contribution in [2.45, 2.75) is 50.9 Å². The number of carbonyl (C=O) groups is 2. The van der Waals surface area contributed by atoms with E-state index >= 15 is 0 Å². The predicted octanol–water partition coefficient (Wildman–Crippen LogP) is 5.78. The molecule has 2 amide bonds. The molecule has 0 saturated carbocycles. The number of amides is 2. The number of allylic oxidation sites excluding steroid dienone is 2. The Morgan fingerprint density at radius 2 is 1.70 bits per heavy atom. The summed E-state index contributed by atoms with van der Waals surface area (Å²) in [4.78, 5) is 40.4. The van der Waals surface area contributed by atoms with E-state index in [1.807, 2.05) is 63.2 Å². The summed E-state index contributed by atoms with van der Waals surface area (Å²) in [5, 5.41) is 3.58. The molecule has 2 unspecified atom stereocenters. The lowest BCUT2D eigenvalue weighted by atomic mass is 9.86. The Balaban J connectivity index is 1.63. The molecule has 1 aliphatic carbocycles. The zero-order valence-electron chi connectivity index (χ0n) is 23.4. The molecule has 1 N–H and O–H groups in total. The summed E-state index contributed by atoms with van der Waals surface area (Å²) in [6.45, 7) is 3.97. The third-order valence-corrected chi connectivity index (χ3v) is 7.72. The highest BCUT2D eigenvalue weighted by molar-refractivity contribution is 7.99. The highest BCUT2D eigenvalue weighted by atomic mass is 32.2. The molecule has 1 aromatic heterocycles. The van der Waals surface area contributed by atoms with Crippen molar-refractivity contribution in [3.63, 3.8) is 0 Å². The number of thioether (sulfide) groups is 1. The summed E-state index contributed by atoms with van der Waals surface area (Å²) >= 11 is 1.26. The van der Waals surface area contributed by atoms with Gasteiger partial charge in [0.05, 0.1) is 5.75 Å². The Bertz CT molecular complexity index is 1320. The molecule has 1 aliphatic rings. The fraction of sp³-hybridized carbons (Fsp3) is 0.355. The quantitative estimate of drug-likeness (QED) is 0.192. The minimum atomic E-state index is -0.711. The van der Waals surface area contributed by atoms with Crippen LogP contribution in [0.3, 0.4) is 0 Å². The van der Waals surface area contributed by atoms with Crippen LogP contribution in [-0.2, 0) is 16.1 Å². The molecule has 0 saturated heterocycles. The van der Waals surface area contributed by atoms with E-state index in [9.17, 15) is 14.0 Å². The second-order valence-electron chi connectivity index (χ2n) is 10.3. The molecule has 4 rings (SSSR count). The van der Waals surface area contributed by atoms with Gasteiger partial charge in [-0.25, -0.2) is 14.4 Å². The van der Waals surface area contributed by atoms with E-state index in [1.54, 1.807) is 17.0 Å². The molecule has 210 valence electrons. The zero-order chi connectivity index (χ0) is 28.6. The van der Waals surface area contributed by atoms with Gasteiger partial charge in [0.1, 0.15) is 11.9 Å². The van der Waals surface area contributed by atoms with Gasteiger partial charge in [0.25, 0.3) is 0 Å². The summed E-state index contributed by atoms with van der Waals surface area (Å²) < 4.78 is 13.7. The molecule has 0 spiro atoms. The van der Waals surface area contributed by atoms with Crippen molar-refractivity contribution >= 4 is 35.0 Å². The van der Waals surface area contributed by atoms with Gasteiger partial charge in [0.2, 0.25) is 11.8 Å². The van der Waals surface area contributed by atoms with Crippen LogP contribution >= 0.6 is 11.8 Å². The van der Waals surface area contributed by atoms with Crippen molar-refractivity contribution < 1.29 is 14.0 Å². The first-order valence-electron chi connectivity index (χ1n) is 13.4. The van der Waals surface area contributed by atoms with Gasteiger partial charge in [-0.2, -0.15) is 0 Å². The summed E-state index contributed by atoms with van der Waals surface area (Å²) in [6, 6.07) is 14.9. The van der Waals surface area contributed by atoms with Crippen LogP contribution in [0, 0.1) is 25.6 Å². The fourth-order valence-corrected chi connectivity index (χ4v) is 5.70. The van der Waals surface area contributed by atoms with Crippen molar-refractivity contribution in [1.82, 2.24) is 14.9 Å². The van der Waals surface area contributed by atoms with E-state index < -0.39 is 6.04 Å². The number of rotatable bonds is 10. The second-order valence-corrected chi connectivity index (χ2v) is 11.2. The Morgan fingerprint density at radius 3 is 2.30 bits per heavy atom. The first kappa shape index (κ1) is 29.3. The summed E-state index contributed by atoms with van der Waals surface area (Å²) in [5.41, 5.74) is 4.10. The monoisotopic (exact) mass is 561 g/mol. The van der Waals surface area contributed by atoms with Crippen LogP contribution in [0.2, 0.25) is 0 Å². The molecule has 2 aromatic carbocycles. The lowest BCUT2D eigenvalue weighted by molar-refractivity contribution is -0.139. The van der Waals surface area contributed by atoms with E-state index in [1.165, 1.54) is 23.9 Å². The topological polar surface area (TPSA) is 78.4 Å². The van der Waals surface area contributed by atoms with Crippen molar-refractivity contribution in [3.8, 4) is 0 Å². The third-order valence-electron chi connectivity index (χ3n) is 6.88. The fourth-order valence-electron chi connectivity index (χ4n) is 4.87. The maximum absolute atomic E-state index is 14.0. The molecule has 0 fully saturated rings. The number of carbonyl (C=O) groups excluding carboxylic acids is 2. The van der Waals surface area contributed by atoms with Crippen molar-refractivity contribution in [2.24, 2.45) is 5.92 Å². The number of aryl methyl sites for hydroxylation is 2. The van der Waals surface area contributed by atoms with Gasteiger partial charge in [-0.15, -0.1) is 0 Å². The zero-order valence-corrected chi connectivity index (χ0v) is 24.2. The van der Waals surface area contributed by atoms with E-state index in [0.29, 0.717) is 17.3 Å². The molecule has 0 bridgehead atoms. The van der Waals surface area contributed by atoms with Crippen LogP contribution in [-0.4, -0.2) is 52.6 Å². The second kappa shape index (κ2) is 13.6. The van der Waals surface area contributed by atoms with E-state index in [2.05, 4.69) is 27.4 Å². The molecule has 0 aliphatic heterocycles. The Kier molecular flexibility index (Phi) is 9.93. The minimum absolute atomic E-state index is 0.0575. The predicted molar refractivity (Wildman–Crippen MR) is 159 cm³/mol. The summed E-state index contributed by atoms with van der Waals surface area (Å²) in [6.07, 6.45) is 6.52. The summed E-state index contributed by atoms with van der Waals surface area (Å²) in [7, 11) is 3.92. The number of benzene rings is 2. The molecule has 0 radical (unpaired) electrons. The summed E-state index contributed by atoms with van der Waals surface area (Å²) in [5.74, 6) is -0.765. The van der Waals surface area contributed by atoms with Gasteiger partial charge >= 0.3 is 0 Å².